The third kappa shape index (κ3) is 1.86. The number of amides is 1. The third-order valence-electron chi connectivity index (χ3n) is 2.63. The average Bonchev–Trinajstić information content (AvgIpc) is 2.32. The summed E-state index contributed by atoms with van der Waals surface area (Å²) in [6.45, 7) is 2.51. The van der Waals surface area contributed by atoms with Crippen LogP contribution in [-0.2, 0) is 0 Å². The molecule has 1 atom stereocenters. The topological polar surface area (TPSA) is 29.5 Å². The predicted octanol–water partition coefficient (Wildman–Crippen LogP) is 2.30. The van der Waals surface area contributed by atoms with Gasteiger partial charge in [-0.25, -0.2) is 0 Å². The van der Waals surface area contributed by atoms with Crippen molar-refractivity contribution < 1.29 is 9.53 Å². The zero-order valence-electron chi connectivity index (χ0n) is 8.66. The molecule has 0 N–H and O–H groups in total. The van der Waals surface area contributed by atoms with Gasteiger partial charge in [0.15, 0.2) is 0 Å². The molecule has 1 aromatic carbocycles. The van der Waals surface area contributed by atoms with E-state index in [4.69, 9.17) is 4.74 Å². The minimum atomic E-state index is 0.0105. The molecule has 0 saturated carbocycles. The van der Waals surface area contributed by atoms with Gasteiger partial charge < -0.3 is 9.64 Å². The van der Waals surface area contributed by atoms with E-state index in [-0.39, 0.29) is 11.9 Å². The number of carbonyl (C=O) groups excluding carboxylic acids is 1. The Kier molecular flexibility index (Phi) is 2.69. The van der Waals surface area contributed by atoms with Crippen LogP contribution in [0, 0.1) is 0 Å². The first kappa shape index (κ1) is 10.5. The number of carbonyl (C=O) groups is 1. The van der Waals surface area contributed by atoms with Crippen molar-refractivity contribution >= 4 is 21.8 Å². The Morgan fingerprint density at radius 1 is 1.53 bits per heavy atom. The first-order valence-electron chi connectivity index (χ1n) is 4.79. The summed E-state index contributed by atoms with van der Waals surface area (Å²) in [5.74, 6) is 0.677. The fraction of sp³-hybridized carbons (Fsp3) is 0.364. The Bertz CT molecular complexity index is 406. The number of nitrogens with zero attached hydrogens (tertiary/aromatic N) is 1. The van der Waals surface area contributed by atoms with E-state index in [0.717, 1.165) is 4.47 Å². The van der Waals surface area contributed by atoms with Gasteiger partial charge in [-0.15, -0.1) is 0 Å². The number of likely N-dealkylation sites (N-methyl/N-ethyl adjacent to an activating group) is 1. The second-order valence-electron chi connectivity index (χ2n) is 3.72. The second-order valence-corrected chi connectivity index (χ2v) is 4.63. The van der Waals surface area contributed by atoms with Crippen LogP contribution in [0.3, 0.4) is 0 Å². The average molecular weight is 270 g/mol. The van der Waals surface area contributed by atoms with Crippen molar-refractivity contribution in [1.29, 1.82) is 0 Å². The molecule has 1 aliphatic rings. The normalized spacial score (nSPS) is 20.6. The smallest absolute Gasteiger partial charge is 0.257 e. The highest BCUT2D eigenvalue weighted by Crippen LogP contribution is 2.27. The fourth-order valence-corrected chi connectivity index (χ4v) is 1.87. The molecule has 1 amide bonds. The van der Waals surface area contributed by atoms with Crippen LogP contribution in [0.5, 0.6) is 5.75 Å². The van der Waals surface area contributed by atoms with Crippen molar-refractivity contribution in [2.45, 2.75) is 13.0 Å². The largest absolute Gasteiger partial charge is 0.491 e. The predicted molar refractivity (Wildman–Crippen MR) is 61.2 cm³/mol. The highest BCUT2D eigenvalue weighted by atomic mass is 79.9. The summed E-state index contributed by atoms with van der Waals surface area (Å²) >= 11 is 3.35. The zero-order chi connectivity index (χ0) is 11.0. The maximum Gasteiger partial charge on any atom is 0.257 e. The molecule has 80 valence electrons. The Morgan fingerprint density at radius 3 is 3.00 bits per heavy atom. The summed E-state index contributed by atoms with van der Waals surface area (Å²) < 4.78 is 6.46. The van der Waals surface area contributed by atoms with Gasteiger partial charge in [0.05, 0.1) is 11.6 Å². The Balaban J connectivity index is 2.48. The zero-order valence-corrected chi connectivity index (χ0v) is 10.2. The summed E-state index contributed by atoms with van der Waals surface area (Å²) in [6, 6.07) is 5.60. The van der Waals surface area contributed by atoms with Crippen LogP contribution >= 0.6 is 15.9 Å². The summed E-state index contributed by atoms with van der Waals surface area (Å²) in [6.07, 6.45) is 0. The van der Waals surface area contributed by atoms with Gasteiger partial charge in [-0.1, -0.05) is 15.9 Å². The van der Waals surface area contributed by atoms with Crippen molar-refractivity contribution in [3.05, 3.63) is 28.2 Å². The van der Waals surface area contributed by atoms with Gasteiger partial charge in [-0.05, 0) is 25.1 Å². The molecular formula is C11H12BrNO2. The number of ether oxygens (including phenoxy) is 1. The van der Waals surface area contributed by atoms with Gasteiger partial charge in [-0.3, -0.25) is 4.79 Å². The molecule has 1 unspecified atom stereocenters. The van der Waals surface area contributed by atoms with Gasteiger partial charge in [0.25, 0.3) is 5.91 Å². The molecule has 1 heterocycles. The molecule has 4 heteroatoms. The maximum absolute atomic E-state index is 12.0. The van der Waals surface area contributed by atoms with E-state index in [1.807, 2.05) is 19.1 Å². The molecule has 15 heavy (non-hydrogen) atoms. The van der Waals surface area contributed by atoms with E-state index >= 15 is 0 Å². The van der Waals surface area contributed by atoms with Gasteiger partial charge in [0, 0.05) is 11.5 Å². The van der Waals surface area contributed by atoms with Crippen LogP contribution in [0.15, 0.2) is 22.7 Å². The highest BCUT2D eigenvalue weighted by Gasteiger charge is 2.25. The molecular weight excluding hydrogens is 258 g/mol. The van der Waals surface area contributed by atoms with E-state index in [0.29, 0.717) is 17.9 Å². The Morgan fingerprint density at radius 2 is 2.27 bits per heavy atom. The number of rotatable bonds is 0. The Hall–Kier alpha value is -1.03. The second kappa shape index (κ2) is 3.85. The molecule has 1 aromatic rings. The third-order valence-corrected chi connectivity index (χ3v) is 3.13. The molecule has 0 spiro atoms. The molecule has 1 aliphatic heterocycles. The number of benzene rings is 1. The van der Waals surface area contributed by atoms with Gasteiger partial charge in [0.1, 0.15) is 12.4 Å². The minimum absolute atomic E-state index is 0.0105. The van der Waals surface area contributed by atoms with E-state index in [9.17, 15) is 4.79 Å². The van der Waals surface area contributed by atoms with Crippen LogP contribution in [0.4, 0.5) is 0 Å². The molecule has 0 saturated heterocycles. The molecule has 0 aromatic heterocycles. The van der Waals surface area contributed by atoms with E-state index in [1.165, 1.54) is 0 Å². The fourth-order valence-electron chi connectivity index (χ4n) is 1.51. The van der Waals surface area contributed by atoms with Crippen LogP contribution in [-0.4, -0.2) is 30.5 Å². The summed E-state index contributed by atoms with van der Waals surface area (Å²) in [5, 5.41) is 0. The number of hydrogen-bond acceptors (Lipinski definition) is 2. The van der Waals surface area contributed by atoms with E-state index in [2.05, 4.69) is 15.9 Å². The summed E-state index contributed by atoms with van der Waals surface area (Å²) in [7, 11) is 1.80. The number of hydrogen-bond donors (Lipinski definition) is 0. The maximum atomic E-state index is 12.0. The molecule has 0 aliphatic carbocycles. The lowest BCUT2D eigenvalue weighted by Crippen LogP contribution is -2.36. The lowest BCUT2D eigenvalue weighted by atomic mass is 10.2. The van der Waals surface area contributed by atoms with Crippen molar-refractivity contribution in [2.24, 2.45) is 0 Å². The molecule has 0 bridgehead atoms. The van der Waals surface area contributed by atoms with Crippen molar-refractivity contribution in [3.8, 4) is 5.75 Å². The number of fused-ring (bicyclic) bond motifs is 1. The monoisotopic (exact) mass is 269 g/mol. The lowest BCUT2D eigenvalue weighted by molar-refractivity contribution is 0.0732. The standard InChI is InChI=1S/C11H12BrNO2/c1-7-6-15-10-4-3-8(12)5-9(10)11(14)13(7)2/h3-5,7H,6H2,1-2H3. The molecule has 0 radical (unpaired) electrons. The molecule has 2 rings (SSSR count). The Labute approximate surface area is 97.2 Å². The quantitative estimate of drug-likeness (QED) is 0.724. The number of halogens is 1. The highest BCUT2D eigenvalue weighted by molar-refractivity contribution is 9.10. The van der Waals surface area contributed by atoms with Gasteiger partial charge in [-0.2, -0.15) is 0 Å². The van der Waals surface area contributed by atoms with Crippen LogP contribution in [0.2, 0.25) is 0 Å². The lowest BCUT2D eigenvalue weighted by Gasteiger charge is -2.20. The first-order valence-corrected chi connectivity index (χ1v) is 5.58. The van der Waals surface area contributed by atoms with Crippen LogP contribution < -0.4 is 4.74 Å². The van der Waals surface area contributed by atoms with Crippen LogP contribution in [0.25, 0.3) is 0 Å². The van der Waals surface area contributed by atoms with E-state index in [1.54, 1.807) is 18.0 Å². The summed E-state index contributed by atoms with van der Waals surface area (Å²) in [5.41, 5.74) is 0.622. The van der Waals surface area contributed by atoms with Gasteiger partial charge >= 0.3 is 0 Å². The van der Waals surface area contributed by atoms with Crippen LogP contribution in [0.1, 0.15) is 17.3 Å². The molecule has 3 nitrogen and oxygen atoms in total. The first-order chi connectivity index (χ1) is 7.09. The van der Waals surface area contributed by atoms with Crippen molar-refractivity contribution in [2.75, 3.05) is 13.7 Å². The van der Waals surface area contributed by atoms with Crippen molar-refractivity contribution in [1.82, 2.24) is 4.90 Å². The van der Waals surface area contributed by atoms with Crippen molar-refractivity contribution in [3.63, 3.8) is 0 Å². The SMILES string of the molecule is CC1COc2ccc(Br)cc2C(=O)N1C. The van der Waals surface area contributed by atoms with E-state index < -0.39 is 0 Å². The minimum Gasteiger partial charge on any atom is -0.491 e. The summed E-state index contributed by atoms with van der Waals surface area (Å²) in [4.78, 5) is 13.7. The molecule has 0 fully saturated rings. The van der Waals surface area contributed by atoms with Gasteiger partial charge in [0.2, 0.25) is 0 Å².